The van der Waals surface area contributed by atoms with Crippen LogP contribution in [-0.4, -0.2) is 30.1 Å². The summed E-state index contributed by atoms with van der Waals surface area (Å²) in [6.45, 7) is 6.32. The molecule has 0 saturated carbocycles. The van der Waals surface area contributed by atoms with Gasteiger partial charge in [0.2, 0.25) is 0 Å². The maximum absolute atomic E-state index is 4.93. The van der Waals surface area contributed by atoms with Gasteiger partial charge in [-0.3, -0.25) is 0 Å². The van der Waals surface area contributed by atoms with Gasteiger partial charge in [-0.05, 0) is 46.3 Å². The largest absolute Gasteiger partial charge is 0.342 e. The molecule has 3 heterocycles. The Morgan fingerprint density at radius 1 is 0.579 bits per heavy atom. The summed E-state index contributed by atoms with van der Waals surface area (Å²) in [5, 5.41) is 17.6. The molecule has 3 aromatic heterocycles. The molecule has 6 heteroatoms. The molecular weight excluding hydrogens is 468 g/mol. The Kier molecular flexibility index (Phi) is 4.24. The summed E-state index contributed by atoms with van der Waals surface area (Å²) in [4.78, 5) is 16.8. The highest BCUT2D eigenvalue weighted by Gasteiger charge is 2.17. The zero-order valence-electron chi connectivity index (χ0n) is 21.3. The van der Waals surface area contributed by atoms with Crippen LogP contribution >= 0.6 is 0 Å². The molecule has 0 amide bonds. The van der Waals surface area contributed by atoms with E-state index in [0.29, 0.717) is 5.92 Å². The van der Waals surface area contributed by atoms with Crippen LogP contribution in [0.5, 0.6) is 0 Å². The molecule has 0 bridgehead atoms. The third kappa shape index (κ3) is 2.88. The lowest BCUT2D eigenvalue weighted by atomic mass is 9.94. The van der Waals surface area contributed by atoms with Crippen molar-refractivity contribution < 1.29 is 0 Å². The lowest BCUT2D eigenvalue weighted by Crippen LogP contribution is -1.88. The van der Waals surface area contributed by atoms with Crippen molar-refractivity contribution in [3.05, 3.63) is 84.7 Å². The molecule has 2 N–H and O–H groups in total. The second-order valence-corrected chi connectivity index (χ2v) is 10.4. The van der Waals surface area contributed by atoms with E-state index in [2.05, 4.69) is 94.7 Å². The van der Waals surface area contributed by atoms with Crippen molar-refractivity contribution in [3.8, 4) is 11.1 Å². The number of fused-ring (bicyclic) bond motifs is 12. The van der Waals surface area contributed by atoms with Crippen molar-refractivity contribution in [2.45, 2.75) is 26.7 Å². The summed E-state index contributed by atoms with van der Waals surface area (Å²) in [5.41, 5.74) is 6.45. The minimum atomic E-state index is 0.305. The Bertz CT molecular complexity index is 2240. The van der Waals surface area contributed by atoms with Crippen LogP contribution in [-0.2, 0) is 0 Å². The van der Waals surface area contributed by atoms with E-state index < -0.39 is 0 Å². The van der Waals surface area contributed by atoms with Gasteiger partial charge in [-0.1, -0.05) is 62.4 Å². The smallest absolute Gasteiger partial charge is 0.109 e. The minimum absolute atomic E-state index is 0.305. The maximum atomic E-state index is 4.93. The normalized spacial score (nSPS) is 12.3. The van der Waals surface area contributed by atoms with E-state index in [4.69, 9.17) is 9.97 Å². The van der Waals surface area contributed by atoms with Crippen LogP contribution in [0, 0.1) is 6.92 Å². The van der Waals surface area contributed by atoms with Crippen molar-refractivity contribution in [1.29, 1.82) is 0 Å². The first-order valence-corrected chi connectivity index (χ1v) is 12.9. The van der Waals surface area contributed by atoms with E-state index in [9.17, 15) is 0 Å². The Hall–Kier alpha value is -4.84. The van der Waals surface area contributed by atoms with Crippen LogP contribution in [0.4, 0.5) is 0 Å². The fourth-order valence-corrected chi connectivity index (χ4v) is 5.91. The van der Waals surface area contributed by atoms with Crippen molar-refractivity contribution >= 4 is 65.2 Å². The zero-order chi connectivity index (χ0) is 25.5. The maximum Gasteiger partial charge on any atom is 0.109 e. The topological polar surface area (TPSA) is 83.1 Å². The third-order valence-corrected chi connectivity index (χ3v) is 7.75. The fraction of sp³-hybridized carbons (Fsp3) is 0.125. The number of hydrogen-bond donors (Lipinski definition) is 2. The number of nitrogens with zero attached hydrogens (tertiary/aromatic N) is 4. The highest BCUT2D eigenvalue weighted by atomic mass is 15.1. The van der Waals surface area contributed by atoms with E-state index in [-0.39, 0.29) is 0 Å². The number of aromatic amines is 2. The van der Waals surface area contributed by atoms with Crippen LogP contribution in [0.25, 0.3) is 76.3 Å². The standard InChI is InChI=1S/C32H24N6/c1-16(2)32-37-30-23-11-9-19(13-25(23)26-14-33-34-15-27(26)31(30)38-32)18-8-10-22-24(12-18)20-6-4-5-7-21(20)28-29(22)36-17(3)35-28/h4-16H,1-3H3,(H,35,36)(H,37,38). The highest BCUT2D eigenvalue weighted by Crippen LogP contribution is 2.39. The molecule has 0 aliphatic heterocycles. The summed E-state index contributed by atoms with van der Waals surface area (Å²) in [6, 6.07) is 22.0. The molecule has 8 aromatic rings. The van der Waals surface area contributed by atoms with Crippen LogP contribution in [0.2, 0.25) is 0 Å². The molecule has 0 spiro atoms. The lowest BCUT2D eigenvalue weighted by Gasteiger charge is -2.11. The SMILES string of the molecule is Cc1nc2c3ccccc3c3cc(-c4ccc5c(c4)c4cnncc4c4nc(C(C)C)[nH]c54)ccc3c2[nH]1. The predicted molar refractivity (Wildman–Crippen MR) is 156 cm³/mol. The Balaban J connectivity index is 1.42. The van der Waals surface area contributed by atoms with Gasteiger partial charge >= 0.3 is 0 Å². The van der Waals surface area contributed by atoms with Crippen molar-refractivity contribution in [2.24, 2.45) is 0 Å². The first kappa shape index (κ1) is 21.3. The molecular formula is C32H24N6. The Morgan fingerprint density at radius 2 is 1.18 bits per heavy atom. The van der Waals surface area contributed by atoms with E-state index >= 15 is 0 Å². The lowest BCUT2D eigenvalue weighted by molar-refractivity contribution is 0.799. The molecule has 5 aromatic carbocycles. The molecule has 38 heavy (non-hydrogen) atoms. The van der Waals surface area contributed by atoms with Gasteiger partial charge in [-0.25, -0.2) is 9.97 Å². The van der Waals surface area contributed by atoms with Gasteiger partial charge in [-0.15, -0.1) is 0 Å². The van der Waals surface area contributed by atoms with Gasteiger partial charge in [0, 0.05) is 32.8 Å². The Morgan fingerprint density at radius 3 is 1.89 bits per heavy atom. The average molecular weight is 493 g/mol. The summed E-state index contributed by atoms with van der Waals surface area (Å²) in [7, 11) is 0. The van der Waals surface area contributed by atoms with Gasteiger partial charge in [0.05, 0.1) is 34.5 Å². The van der Waals surface area contributed by atoms with Crippen molar-refractivity contribution in [1.82, 2.24) is 30.1 Å². The number of rotatable bonds is 2. The minimum Gasteiger partial charge on any atom is -0.342 e. The molecule has 0 fully saturated rings. The molecule has 8 rings (SSSR count). The number of imidazole rings is 2. The van der Waals surface area contributed by atoms with Gasteiger partial charge in [0.1, 0.15) is 11.6 Å². The number of aromatic nitrogens is 6. The number of benzene rings is 5. The predicted octanol–water partition coefficient (Wildman–Crippen LogP) is 7.94. The van der Waals surface area contributed by atoms with E-state index in [1.54, 1.807) is 0 Å². The van der Waals surface area contributed by atoms with Crippen LogP contribution in [0.15, 0.2) is 73.1 Å². The van der Waals surface area contributed by atoms with Crippen molar-refractivity contribution in [3.63, 3.8) is 0 Å². The van der Waals surface area contributed by atoms with Crippen LogP contribution in [0.3, 0.4) is 0 Å². The Labute approximate surface area is 217 Å². The monoisotopic (exact) mass is 492 g/mol. The molecule has 182 valence electrons. The molecule has 6 nitrogen and oxygen atoms in total. The summed E-state index contributed by atoms with van der Waals surface area (Å²) < 4.78 is 0. The molecule has 0 unspecified atom stereocenters. The molecule has 0 aliphatic carbocycles. The second kappa shape index (κ2) is 7.59. The van der Waals surface area contributed by atoms with Crippen molar-refractivity contribution in [2.75, 3.05) is 0 Å². The van der Waals surface area contributed by atoms with Crippen LogP contribution in [0.1, 0.15) is 31.4 Å². The zero-order valence-corrected chi connectivity index (χ0v) is 21.3. The van der Waals surface area contributed by atoms with E-state index in [0.717, 1.165) is 60.8 Å². The van der Waals surface area contributed by atoms with E-state index in [1.165, 1.54) is 27.1 Å². The van der Waals surface area contributed by atoms with Crippen LogP contribution < -0.4 is 0 Å². The summed E-state index contributed by atoms with van der Waals surface area (Å²) in [6.07, 6.45) is 3.68. The highest BCUT2D eigenvalue weighted by molar-refractivity contribution is 6.25. The van der Waals surface area contributed by atoms with Gasteiger partial charge < -0.3 is 9.97 Å². The molecule has 0 aliphatic rings. The van der Waals surface area contributed by atoms with Gasteiger partial charge in [-0.2, -0.15) is 10.2 Å². The fourth-order valence-electron chi connectivity index (χ4n) is 5.91. The molecule has 0 saturated heterocycles. The van der Waals surface area contributed by atoms with Gasteiger partial charge in [0.15, 0.2) is 0 Å². The third-order valence-electron chi connectivity index (χ3n) is 7.75. The molecule has 0 atom stereocenters. The summed E-state index contributed by atoms with van der Waals surface area (Å²) in [5.74, 6) is 2.22. The quantitative estimate of drug-likeness (QED) is 0.240. The van der Waals surface area contributed by atoms with Gasteiger partial charge in [0.25, 0.3) is 0 Å². The number of nitrogens with one attached hydrogen (secondary N) is 2. The van der Waals surface area contributed by atoms with E-state index in [1.807, 2.05) is 19.3 Å². The second-order valence-electron chi connectivity index (χ2n) is 10.4. The first-order chi connectivity index (χ1) is 18.6. The average Bonchev–Trinajstić information content (AvgIpc) is 3.58. The first-order valence-electron chi connectivity index (χ1n) is 12.9. The molecule has 0 radical (unpaired) electrons. The number of H-pyrrole nitrogens is 2. The number of hydrogen-bond acceptors (Lipinski definition) is 4. The summed E-state index contributed by atoms with van der Waals surface area (Å²) >= 11 is 0. The number of aryl methyl sites for hydroxylation is 1.